The summed E-state index contributed by atoms with van der Waals surface area (Å²) in [7, 11) is 0. The number of anilines is 1. The number of aromatic nitrogens is 3. The van der Waals surface area contributed by atoms with E-state index < -0.39 is 11.9 Å². The summed E-state index contributed by atoms with van der Waals surface area (Å²) in [6.45, 7) is 0. The minimum Gasteiger partial charge on any atom is -0.359 e. The molecule has 0 saturated heterocycles. The van der Waals surface area contributed by atoms with Gasteiger partial charge in [-0.2, -0.15) is 18.3 Å². The van der Waals surface area contributed by atoms with Crippen LogP contribution in [-0.4, -0.2) is 26.5 Å². The third-order valence-electron chi connectivity index (χ3n) is 5.58. The zero-order valence-corrected chi connectivity index (χ0v) is 17.4. The highest BCUT2D eigenvalue weighted by Gasteiger charge is 2.33. The average molecular weight is 451 g/mol. The summed E-state index contributed by atoms with van der Waals surface area (Å²) in [5, 5.41) is 11.0. The van der Waals surface area contributed by atoms with Crippen LogP contribution in [0.25, 0.3) is 16.4 Å². The van der Waals surface area contributed by atoms with E-state index >= 15 is 0 Å². The molecule has 1 aromatic carbocycles. The lowest BCUT2D eigenvalue weighted by Gasteiger charge is -2.23. The molecule has 9 heteroatoms. The minimum absolute atomic E-state index is 0.256. The van der Waals surface area contributed by atoms with Gasteiger partial charge in [0.05, 0.1) is 11.0 Å². The molecule has 0 aliphatic heterocycles. The molecular weight excluding hydrogens is 431 g/mol. The molecule has 6 nitrogen and oxygen atoms in total. The number of benzene rings is 1. The Labute approximate surface area is 187 Å². The Morgan fingerprint density at radius 1 is 1.09 bits per heavy atom. The van der Waals surface area contributed by atoms with E-state index in [1.807, 2.05) is 24.3 Å². The molecule has 0 spiro atoms. The molecule has 5 rings (SSSR count). The van der Waals surface area contributed by atoms with Crippen LogP contribution in [0.4, 0.5) is 18.9 Å². The number of nitrogens with one attached hydrogen (secondary N) is 2. The SMILES string of the molecule is O=C(N[C@H]1C=C(Nc2cc(C(F)(F)F)nc3ccccc23)CCC1)c1cc2ccccn2n1. The molecule has 4 aromatic rings. The predicted molar refractivity (Wildman–Crippen MR) is 119 cm³/mol. The quantitative estimate of drug-likeness (QED) is 0.449. The first-order chi connectivity index (χ1) is 15.9. The highest BCUT2D eigenvalue weighted by Crippen LogP contribution is 2.34. The van der Waals surface area contributed by atoms with E-state index in [0.29, 0.717) is 23.2 Å². The topological polar surface area (TPSA) is 71.3 Å². The first-order valence-electron chi connectivity index (χ1n) is 10.6. The molecule has 3 aromatic heterocycles. The van der Waals surface area contributed by atoms with E-state index in [-0.39, 0.29) is 17.5 Å². The zero-order valence-electron chi connectivity index (χ0n) is 17.4. The van der Waals surface area contributed by atoms with Gasteiger partial charge < -0.3 is 10.6 Å². The number of para-hydroxylation sites is 1. The van der Waals surface area contributed by atoms with Gasteiger partial charge in [0.1, 0.15) is 5.69 Å². The van der Waals surface area contributed by atoms with E-state index in [1.54, 1.807) is 41.0 Å². The highest BCUT2D eigenvalue weighted by atomic mass is 19.4. The van der Waals surface area contributed by atoms with Gasteiger partial charge in [-0.15, -0.1) is 0 Å². The summed E-state index contributed by atoms with van der Waals surface area (Å²) in [6.07, 6.45) is 1.26. The standard InChI is InChI=1S/C24H20F3N5O/c25-24(26,27)22-14-20(18-9-1-2-10-19(18)30-22)28-15-6-5-7-16(12-15)29-23(33)21-13-17-8-3-4-11-32(17)31-21/h1-4,8-14,16H,5-7H2,(H,28,30)(H,29,33)/t16-/m1/s1. The van der Waals surface area contributed by atoms with Gasteiger partial charge in [-0.3, -0.25) is 4.79 Å². The van der Waals surface area contributed by atoms with Gasteiger partial charge in [-0.25, -0.2) is 9.50 Å². The average Bonchev–Trinajstić information content (AvgIpc) is 3.23. The van der Waals surface area contributed by atoms with Crippen molar-refractivity contribution in [2.45, 2.75) is 31.5 Å². The van der Waals surface area contributed by atoms with Crippen LogP contribution in [0.5, 0.6) is 0 Å². The Bertz CT molecular complexity index is 1340. The molecule has 0 saturated carbocycles. The van der Waals surface area contributed by atoms with E-state index in [4.69, 9.17) is 0 Å². The third kappa shape index (κ3) is 4.39. The monoisotopic (exact) mass is 451 g/mol. The summed E-state index contributed by atoms with van der Waals surface area (Å²) < 4.78 is 41.7. The van der Waals surface area contributed by atoms with Gasteiger partial charge in [-0.1, -0.05) is 24.3 Å². The number of amides is 1. The minimum atomic E-state index is -4.55. The molecular formula is C24H20F3N5O. The summed E-state index contributed by atoms with van der Waals surface area (Å²) in [5.74, 6) is -0.296. The van der Waals surface area contributed by atoms with Crippen LogP contribution in [0.3, 0.4) is 0 Å². The van der Waals surface area contributed by atoms with E-state index in [0.717, 1.165) is 30.1 Å². The number of allylic oxidation sites excluding steroid dienone is 1. The Morgan fingerprint density at radius 3 is 2.73 bits per heavy atom. The van der Waals surface area contributed by atoms with Gasteiger partial charge in [0.15, 0.2) is 5.69 Å². The predicted octanol–water partition coefficient (Wildman–Crippen LogP) is 5.18. The van der Waals surface area contributed by atoms with Crippen molar-refractivity contribution in [1.29, 1.82) is 0 Å². The molecule has 0 bridgehead atoms. The Balaban J connectivity index is 1.38. The van der Waals surface area contributed by atoms with Crippen LogP contribution in [0.2, 0.25) is 0 Å². The number of rotatable bonds is 4. The van der Waals surface area contributed by atoms with Crippen molar-refractivity contribution in [3.8, 4) is 0 Å². The first kappa shape index (κ1) is 21.0. The van der Waals surface area contributed by atoms with E-state index in [1.165, 1.54) is 0 Å². The number of nitrogens with zero attached hydrogens (tertiary/aromatic N) is 3. The van der Waals surface area contributed by atoms with Crippen LogP contribution >= 0.6 is 0 Å². The summed E-state index contributed by atoms with van der Waals surface area (Å²) in [4.78, 5) is 16.5. The van der Waals surface area contributed by atoms with Crippen molar-refractivity contribution in [3.63, 3.8) is 0 Å². The van der Waals surface area contributed by atoms with E-state index in [9.17, 15) is 18.0 Å². The molecule has 1 aliphatic carbocycles. The number of alkyl halides is 3. The summed E-state index contributed by atoms with van der Waals surface area (Å²) >= 11 is 0. The number of hydrogen-bond donors (Lipinski definition) is 2. The third-order valence-corrected chi connectivity index (χ3v) is 5.58. The van der Waals surface area contributed by atoms with Gasteiger partial charge in [0, 0.05) is 29.0 Å². The molecule has 0 radical (unpaired) electrons. The van der Waals surface area contributed by atoms with Crippen molar-refractivity contribution in [3.05, 3.63) is 84.0 Å². The molecule has 168 valence electrons. The number of hydrogen-bond acceptors (Lipinski definition) is 4. The van der Waals surface area contributed by atoms with Gasteiger partial charge >= 0.3 is 6.18 Å². The maximum Gasteiger partial charge on any atom is 0.433 e. The normalized spacial score (nSPS) is 16.6. The maximum atomic E-state index is 13.4. The lowest BCUT2D eigenvalue weighted by molar-refractivity contribution is -0.140. The fourth-order valence-electron chi connectivity index (χ4n) is 4.03. The number of carbonyl (C=O) groups is 1. The lowest BCUT2D eigenvalue weighted by Crippen LogP contribution is -2.35. The molecule has 1 atom stereocenters. The van der Waals surface area contributed by atoms with Crippen molar-refractivity contribution >= 4 is 28.0 Å². The zero-order chi connectivity index (χ0) is 23.0. The van der Waals surface area contributed by atoms with Crippen LogP contribution in [0, 0.1) is 0 Å². The second kappa shape index (κ2) is 8.23. The molecule has 33 heavy (non-hydrogen) atoms. The maximum absolute atomic E-state index is 13.4. The van der Waals surface area contributed by atoms with Crippen LogP contribution < -0.4 is 10.6 Å². The van der Waals surface area contributed by atoms with Crippen molar-refractivity contribution in [2.75, 3.05) is 5.32 Å². The fraction of sp³-hybridized carbons (Fsp3) is 0.208. The molecule has 3 heterocycles. The Morgan fingerprint density at radius 2 is 1.91 bits per heavy atom. The smallest absolute Gasteiger partial charge is 0.359 e. The summed E-state index contributed by atoms with van der Waals surface area (Å²) in [5.41, 5.74) is 1.54. The second-order valence-electron chi connectivity index (χ2n) is 7.96. The molecule has 0 fully saturated rings. The fourth-order valence-corrected chi connectivity index (χ4v) is 4.03. The van der Waals surface area contributed by atoms with Crippen molar-refractivity contribution in [2.24, 2.45) is 0 Å². The van der Waals surface area contributed by atoms with Crippen molar-refractivity contribution < 1.29 is 18.0 Å². The largest absolute Gasteiger partial charge is 0.433 e. The summed E-state index contributed by atoms with van der Waals surface area (Å²) in [6, 6.07) is 14.8. The van der Waals surface area contributed by atoms with Crippen molar-refractivity contribution in [1.82, 2.24) is 19.9 Å². The molecule has 1 aliphatic rings. The highest BCUT2D eigenvalue weighted by molar-refractivity contribution is 5.94. The van der Waals surface area contributed by atoms with E-state index in [2.05, 4.69) is 20.7 Å². The van der Waals surface area contributed by atoms with Gasteiger partial charge in [0.2, 0.25) is 0 Å². The second-order valence-corrected chi connectivity index (χ2v) is 7.96. The number of halogens is 3. The number of carbonyl (C=O) groups excluding carboxylic acids is 1. The van der Waals surface area contributed by atoms with Crippen LogP contribution in [0.15, 0.2) is 72.6 Å². The Hall–Kier alpha value is -3.88. The van der Waals surface area contributed by atoms with Gasteiger partial charge in [0.25, 0.3) is 5.91 Å². The Kier molecular flexibility index (Phi) is 5.24. The number of fused-ring (bicyclic) bond motifs is 2. The molecule has 2 N–H and O–H groups in total. The molecule has 1 amide bonds. The van der Waals surface area contributed by atoms with Crippen LogP contribution in [0.1, 0.15) is 35.4 Å². The lowest BCUT2D eigenvalue weighted by atomic mass is 9.99. The first-order valence-corrected chi connectivity index (χ1v) is 10.6. The molecule has 0 unspecified atom stereocenters. The van der Waals surface area contributed by atoms with Gasteiger partial charge in [-0.05, 0) is 55.7 Å². The van der Waals surface area contributed by atoms with Crippen LogP contribution in [-0.2, 0) is 6.18 Å². The number of pyridine rings is 2.